The molecular formula is C22H28N2O3S. The molecule has 0 bridgehead atoms. The number of hydrogen-bond donors (Lipinski definition) is 1. The van der Waals surface area contributed by atoms with Crippen LogP contribution in [0.4, 0.5) is 0 Å². The van der Waals surface area contributed by atoms with Crippen LogP contribution in [0, 0.1) is 6.92 Å². The first-order valence-electron chi connectivity index (χ1n) is 9.66. The van der Waals surface area contributed by atoms with Crippen molar-refractivity contribution < 1.29 is 13.2 Å². The van der Waals surface area contributed by atoms with Crippen molar-refractivity contribution >= 4 is 15.9 Å². The lowest BCUT2D eigenvalue weighted by atomic mass is 9.89. The van der Waals surface area contributed by atoms with Crippen LogP contribution in [0.25, 0.3) is 0 Å². The molecule has 0 saturated heterocycles. The smallest absolute Gasteiger partial charge is 0.252 e. The summed E-state index contributed by atoms with van der Waals surface area (Å²) < 4.78 is 25.9. The first-order valence-corrected chi connectivity index (χ1v) is 11.1. The summed E-state index contributed by atoms with van der Waals surface area (Å²) in [5, 5.41) is 3.02. The van der Waals surface area contributed by atoms with E-state index in [1.54, 1.807) is 6.07 Å². The van der Waals surface area contributed by atoms with Crippen molar-refractivity contribution in [2.45, 2.75) is 50.5 Å². The maximum Gasteiger partial charge on any atom is 0.252 e. The first-order chi connectivity index (χ1) is 13.2. The van der Waals surface area contributed by atoms with Crippen LogP contribution in [-0.4, -0.2) is 32.7 Å². The molecule has 0 fully saturated rings. The molecule has 0 spiro atoms. The second-order valence-electron chi connectivity index (χ2n) is 7.69. The van der Waals surface area contributed by atoms with Gasteiger partial charge in [0.1, 0.15) is 0 Å². The minimum absolute atomic E-state index is 0.120. The van der Waals surface area contributed by atoms with Gasteiger partial charge in [-0.05, 0) is 73.9 Å². The highest BCUT2D eigenvalue weighted by Gasteiger charge is 2.21. The minimum atomic E-state index is -3.59. The molecule has 1 aliphatic rings. The lowest BCUT2D eigenvalue weighted by molar-refractivity contribution is 0.0939. The van der Waals surface area contributed by atoms with Crippen molar-refractivity contribution in [2.75, 3.05) is 14.1 Å². The molecule has 1 atom stereocenters. The number of sulfonamides is 1. The highest BCUT2D eigenvalue weighted by atomic mass is 32.2. The van der Waals surface area contributed by atoms with Gasteiger partial charge in [-0.15, -0.1) is 0 Å². The van der Waals surface area contributed by atoms with Crippen LogP contribution in [0.15, 0.2) is 41.3 Å². The van der Waals surface area contributed by atoms with Crippen LogP contribution in [0.5, 0.6) is 0 Å². The molecule has 0 saturated carbocycles. The van der Waals surface area contributed by atoms with Gasteiger partial charge < -0.3 is 5.32 Å². The van der Waals surface area contributed by atoms with Crippen LogP contribution >= 0.6 is 0 Å². The van der Waals surface area contributed by atoms with Gasteiger partial charge in [-0.1, -0.05) is 24.3 Å². The largest absolute Gasteiger partial charge is 0.346 e. The fourth-order valence-electron chi connectivity index (χ4n) is 3.60. The SMILES string of the molecule is Cc1ccc(S(=O)(=O)N(C)C)cc1C(=O)NC(C)c1ccc2c(c1)CCCC2. The monoisotopic (exact) mass is 400 g/mol. The summed E-state index contributed by atoms with van der Waals surface area (Å²) in [5.74, 6) is -0.265. The quantitative estimate of drug-likeness (QED) is 0.834. The van der Waals surface area contributed by atoms with Gasteiger partial charge >= 0.3 is 0 Å². The van der Waals surface area contributed by atoms with E-state index >= 15 is 0 Å². The summed E-state index contributed by atoms with van der Waals surface area (Å²) >= 11 is 0. The van der Waals surface area contributed by atoms with Crippen LogP contribution < -0.4 is 5.32 Å². The Morgan fingerprint density at radius 2 is 1.71 bits per heavy atom. The molecule has 1 amide bonds. The third kappa shape index (κ3) is 4.13. The summed E-state index contributed by atoms with van der Waals surface area (Å²) in [6.07, 6.45) is 4.67. The van der Waals surface area contributed by atoms with Gasteiger partial charge in [0, 0.05) is 19.7 Å². The second-order valence-corrected chi connectivity index (χ2v) is 9.85. The summed E-state index contributed by atoms with van der Waals surface area (Å²) in [6, 6.07) is 11.0. The number of benzene rings is 2. The summed E-state index contributed by atoms with van der Waals surface area (Å²) in [4.78, 5) is 13.0. The maximum atomic E-state index is 12.9. The Bertz CT molecular complexity index is 997. The van der Waals surface area contributed by atoms with E-state index in [9.17, 15) is 13.2 Å². The van der Waals surface area contributed by atoms with E-state index in [-0.39, 0.29) is 16.8 Å². The summed E-state index contributed by atoms with van der Waals surface area (Å²) in [5.41, 5.74) is 4.98. The summed E-state index contributed by atoms with van der Waals surface area (Å²) in [7, 11) is -0.629. The number of amides is 1. The lowest BCUT2D eigenvalue weighted by Crippen LogP contribution is -2.28. The molecule has 150 valence electrons. The van der Waals surface area contributed by atoms with Crippen molar-refractivity contribution in [3.05, 3.63) is 64.2 Å². The fourth-order valence-corrected chi connectivity index (χ4v) is 4.53. The number of rotatable bonds is 5. The van der Waals surface area contributed by atoms with Gasteiger partial charge in [-0.3, -0.25) is 4.79 Å². The van der Waals surface area contributed by atoms with Crippen LogP contribution in [-0.2, 0) is 22.9 Å². The standard InChI is InChI=1S/C22H28N2O3S/c1-15-9-12-20(28(26,27)24(3)4)14-21(15)22(25)23-16(2)18-11-10-17-7-5-6-8-19(17)13-18/h9-14,16H,5-8H2,1-4H3,(H,23,25). The van der Waals surface area contributed by atoms with E-state index < -0.39 is 10.0 Å². The zero-order valence-electron chi connectivity index (χ0n) is 17.0. The van der Waals surface area contributed by atoms with Gasteiger partial charge in [0.05, 0.1) is 10.9 Å². The predicted octanol–water partition coefficient (Wildman–Crippen LogP) is 3.62. The van der Waals surface area contributed by atoms with Crippen molar-refractivity contribution in [3.8, 4) is 0 Å². The third-order valence-corrected chi connectivity index (χ3v) is 7.26. The van der Waals surface area contributed by atoms with Crippen molar-refractivity contribution in [1.29, 1.82) is 0 Å². The van der Waals surface area contributed by atoms with Gasteiger partial charge in [-0.2, -0.15) is 0 Å². The molecular weight excluding hydrogens is 372 g/mol. The molecule has 0 aromatic heterocycles. The zero-order chi connectivity index (χ0) is 20.5. The number of carbonyl (C=O) groups excluding carboxylic acids is 1. The van der Waals surface area contributed by atoms with E-state index in [0.29, 0.717) is 5.56 Å². The highest BCUT2D eigenvalue weighted by Crippen LogP contribution is 2.25. The molecule has 1 unspecified atom stereocenters. The molecule has 6 heteroatoms. The molecule has 0 aliphatic heterocycles. The Labute approximate surface area is 167 Å². The number of nitrogens with one attached hydrogen (secondary N) is 1. The van der Waals surface area contributed by atoms with Gasteiger partial charge in [0.15, 0.2) is 0 Å². The Balaban J connectivity index is 1.83. The van der Waals surface area contributed by atoms with Crippen LogP contribution in [0.3, 0.4) is 0 Å². The Kier molecular flexibility index (Phi) is 5.91. The molecule has 1 aliphatic carbocycles. The highest BCUT2D eigenvalue weighted by molar-refractivity contribution is 7.89. The number of hydrogen-bond acceptors (Lipinski definition) is 3. The zero-order valence-corrected chi connectivity index (χ0v) is 17.8. The lowest BCUT2D eigenvalue weighted by Gasteiger charge is -2.20. The fraction of sp³-hybridized carbons (Fsp3) is 0.409. The molecule has 2 aromatic rings. The van der Waals surface area contributed by atoms with Crippen molar-refractivity contribution in [2.24, 2.45) is 0 Å². The third-order valence-electron chi connectivity index (χ3n) is 5.45. The first kappa shape index (κ1) is 20.6. The average molecular weight is 401 g/mol. The molecule has 1 N–H and O–H groups in total. The minimum Gasteiger partial charge on any atom is -0.346 e. The van der Waals surface area contributed by atoms with Gasteiger partial charge in [0.25, 0.3) is 5.91 Å². The van der Waals surface area contributed by atoms with Crippen LogP contribution in [0.1, 0.15) is 58.4 Å². The predicted molar refractivity (Wildman–Crippen MR) is 111 cm³/mol. The number of nitrogens with zero attached hydrogens (tertiary/aromatic N) is 1. The number of aryl methyl sites for hydroxylation is 3. The van der Waals surface area contributed by atoms with Crippen molar-refractivity contribution in [1.82, 2.24) is 9.62 Å². The Hall–Kier alpha value is -2.18. The topological polar surface area (TPSA) is 66.5 Å². The molecule has 28 heavy (non-hydrogen) atoms. The van der Waals surface area contributed by atoms with Crippen molar-refractivity contribution in [3.63, 3.8) is 0 Å². The van der Waals surface area contributed by atoms with E-state index in [4.69, 9.17) is 0 Å². The van der Waals surface area contributed by atoms with E-state index in [1.807, 2.05) is 13.8 Å². The molecule has 3 rings (SSSR count). The van der Waals surface area contributed by atoms with Gasteiger partial charge in [-0.25, -0.2) is 12.7 Å². The number of fused-ring (bicyclic) bond motifs is 1. The normalized spacial score (nSPS) is 15.2. The summed E-state index contributed by atoms with van der Waals surface area (Å²) in [6.45, 7) is 3.77. The maximum absolute atomic E-state index is 12.9. The second kappa shape index (κ2) is 8.05. The van der Waals surface area contributed by atoms with E-state index in [0.717, 1.165) is 28.3 Å². The average Bonchev–Trinajstić information content (AvgIpc) is 2.67. The Morgan fingerprint density at radius 3 is 2.39 bits per heavy atom. The molecule has 5 nitrogen and oxygen atoms in total. The molecule has 0 radical (unpaired) electrons. The molecule has 2 aromatic carbocycles. The van der Waals surface area contributed by atoms with Gasteiger partial charge in [0.2, 0.25) is 10.0 Å². The van der Waals surface area contributed by atoms with E-state index in [2.05, 4.69) is 23.5 Å². The molecule has 0 heterocycles. The van der Waals surface area contributed by atoms with E-state index in [1.165, 1.54) is 50.2 Å². The van der Waals surface area contributed by atoms with Crippen LogP contribution in [0.2, 0.25) is 0 Å². The number of carbonyl (C=O) groups is 1. The Morgan fingerprint density at radius 1 is 1.04 bits per heavy atom.